The lowest BCUT2D eigenvalue weighted by Crippen LogP contribution is -2.32. The number of carbonyl (C=O) groups excluding carboxylic acids is 1. The summed E-state index contributed by atoms with van der Waals surface area (Å²) in [6.07, 6.45) is 3.12. The molecule has 0 fully saturated rings. The Labute approximate surface area is 107 Å². The Morgan fingerprint density at radius 2 is 1.94 bits per heavy atom. The summed E-state index contributed by atoms with van der Waals surface area (Å²) < 4.78 is 17.7. The van der Waals surface area contributed by atoms with Gasteiger partial charge >= 0.3 is 6.09 Å². The van der Waals surface area contributed by atoms with Crippen LogP contribution in [0.1, 0.15) is 26.3 Å². The summed E-state index contributed by atoms with van der Waals surface area (Å²) in [6.45, 7) is 5.79. The van der Waals surface area contributed by atoms with Crippen molar-refractivity contribution in [3.63, 3.8) is 0 Å². The fourth-order valence-electron chi connectivity index (χ4n) is 1.23. The SMILES string of the molecule is CC(C)(C)OC(=O)NCC=Cc1ccc(F)cc1. The molecule has 0 saturated heterocycles. The molecule has 0 heterocycles. The minimum Gasteiger partial charge on any atom is -0.444 e. The third kappa shape index (κ3) is 6.03. The lowest BCUT2D eigenvalue weighted by Gasteiger charge is -2.19. The number of ether oxygens (including phenoxy) is 1. The number of benzene rings is 1. The smallest absolute Gasteiger partial charge is 0.407 e. The number of halogens is 1. The van der Waals surface area contributed by atoms with Crippen molar-refractivity contribution in [3.8, 4) is 0 Å². The molecule has 0 bridgehead atoms. The van der Waals surface area contributed by atoms with Crippen LogP contribution in [0.15, 0.2) is 30.3 Å². The van der Waals surface area contributed by atoms with Gasteiger partial charge in [-0.25, -0.2) is 9.18 Å². The van der Waals surface area contributed by atoms with E-state index in [2.05, 4.69) is 5.32 Å². The van der Waals surface area contributed by atoms with Gasteiger partial charge in [0.25, 0.3) is 0 Å². The molecule has 0 atom stereocenters. The van der Waals surface area contributed by atoms with E-state index in [0.29, 0.717) is 6.54 Å². The monoisotopic (exact) mass is 251 g/mol. The van der Waals surface area contributed by atoms with Crippen molar-refractivity contribution in [1.29, 1.82) is 0 Å². The third-order valence-electron chi connectivity index (χ3n) is 1.94. The number of alkyl carbamates (subject to hydrolysis) is 1. The zero-order valence-corrected chi connectivity index (χ0v) is 10.9. The zero-order valence-electron chi connectivity index (χ0n) is 10.9. The molecule has 0 radical (unpaired) electrons. The lowest BCUT2D eigenvalue weighted by molar-refractivity contribution is 0.0534. The molecule has 3 nitrogen and oxygen atoms in total. The fraction of sp³-hybridized carbons (Fsp3) is 0.357. The summed E-state index contributed by atoms with van der Waals surface area (Å²) >= 11 is 0. The Morgan fingerprint density at radius 1 is 1.33 bits per heavy atom. The highest BCUT2D eigenvalue weighted by Gasteiger charge is 2.14. The van der Waals surface area contributed by atoms with Gasteiger partial charge in [0.15, 0.2) is 0 Å². The van der Waals surface area contributed by atoms with E-state index in [-0.39, 0.29) is 5.82 Å². The minimum absolute atomic E-state index is 0.265. The first-order valence-electron chi connectivity index (χ1n) is 5.76. The number of hydrogen-bond donors (Lipinski definition) is 1. The molecule has 1 rings (SSSR count). The second kappa shape index (κ2) is 6.19. The van der Waals surface area contributed by atoms with Gasteiger partial charge < -0.3 is 10.1 Å². The summed E-state index contributed by atoms with van der Waals surface area (Å²) in [5, 5.41) is 2.60. The Bertz CT molecular complexity index is 418. The van der Waals surface area contributed by atoms with Crippen LogP contribution in [0.5, 0.6) is 0 Å². The number of rotatable bonds is 3. The average Bonchev–Trinajstić information content (AvgIpc) is 2.24. The predicted octanol–water partition coefficient (Wildman–Crippen LogP) is 3.36. The molecule has 18 heavy (non-hydrogen) atoms. The lowest BCUT2D eigenvalue weighted by atomic mass is 10.2. The first kappa shape index (κ1) is 14.2. The van der Waals surface area contributed by atoms with Crippen molar-refractivity contribution in [3.05, 3.63) is 41.7 Å². The maximum atomic E-state index is 12.6. The van der Waals surface area contributed by atoms with Crippen molar-refractivity contribution in [2.45, 2.75) is 26.4 Å². The van der Waals surface area contributed by atoms with Gasteiger partial charge in [-0.15, -0.1) is 0 Å². The Kier molecular flexibility index (Phi) is 4.89. The van der Waals surface area contributed by atoms with Crippen LogP contribution in [0.4, 0.5) is 9.18 Å². The molecule has 1 amide bonds. The topological polar surface area (TPSA) is 38.3 Å². The fourth-order valence-corrected chi connectivity index (χ4v) is 1.23. The Morgan fingerprint density at radius 3 is 2.50 bits per heavy atom. The molecule has 4 heteroatoms. The zero-order chi connectivity index (χ0) is 13.6. The molecule has 0 spiro atoms. The summed E-state index contributed by atoms with van der Waals surface area (Å²) in [7, 11) is 0. The predicted molar refractivity (Wildman–Crippen MR) is 69.7 cm³/mol. The average molecular weight is 251 g/mol. The molecule has 1 aromatic rings. The van der Waals surface area contributed by atoms with Crippen LogP contribution < -0.4 is 5.32 Å². The van der Waals surface area contributed by atoms with Gasteiger partial charge in [0, 0.05) is 6.54 Å². The van der Waals surface area contributed by atoms with Crippen LogP contribution in [-0.2, 0) is 4.74 Å². The van der Waals surface area contributed by atoms with Crippen LogP contribution >= 0.6 is 0 Å². The van der Waals surface area contributed by atoms with Crippen molar-refractivity contribution >= 4 is 12.2 Å². The number of amides is 1. The van der Waals surface area contributed by atoms with Crippen LogP contribution in [0, 0.1) is 5.82 Å². The van der Waals surface area contributed by atoms with E-state index in [1.54, 1.807) is 45.1 Å². The highest BCUT2D eigenvalue weighted by atomic mass is 19.1. The van der Waals surface area contributed by atoms with Crippen LogP contribution in [0.25, 0.3) is 6.08 Å². The molecule has 1 N–H and O–H groups in total. The summed E-state index contributed by atoms with van der Waals surface area (Å²) in [5.41, 5.74) is 0.382. The molecule has 1 aromatic carbocycles. The van der Waals surface area contributed by atoms with Gasteiger partial charge in [-0.2, -0.15) is 0 Å². The van der Waals surface area contributed by atoms with E-state index in [4.69, 9.17) is 4.74 Å². The van der Waals surface area contributed by atoms with E-state index in [1.807, 2.05) is 0 Å². The highest BCUT2D eigenvalue weighted by Crippen LogP contribution is 2.06. The van der Waals surface area contributed by atoms with Gasteiger partial charge in [-0.1, -0.05) is 24.3 Å². The van der Waals surface area contributed by atoms with E-state index in [0.717, 1.165) is 5.56 Å². The molecule has 0 saturated carbocycles. The normalized spacial score (nSPS) is 11.6. The second-order valence-corrected chi connectivity index (χ2v) is 4.84. The molecular weight excluding hydrogens is 233 g/mol. The van der Waals surface area contributed by atoms with Crippen molar-refractivity contribution in [2.75, 3.05) is 6.54 Å². The van der Waals surface area contributed by atoms with E-state index < -0.39 is 11.7 Å². The number of hydrogen-bond acceptors (Lipinski definition) is 2. The van der Waals surface area contributed by atoms with E-state index in [1.165, 1.54) is 12.1 Å². The van der Waals surface area contributed by atoms with Crippen molar-refractivity contribution in [2.24, 2.45) is 0 Å². The number of nitrogens with one attached hydrogen (secondary N) is 1. The largest absolute Gasteiger partial charge is 0.444 e. The van der Waals surface area contributed by atoms with Gasteiger partial charge in [0.1, 0.15) is 11.4 Å². The van der Waals surface area contributed by atoms with Gasteiger partial charge in [-0.3, -0.25) is 0 Å². The second-order valence-electron chi connectivity index (χ2n) is 4.84. The van der Waals surface area contributed by atoms with Crippen LogP contribution in [-0.4, -0.2) is 18.2 Å². The number of carbonyl (C=O) groups is 1. The quantitative estimate of drug-likeness (QED) is 0.894. The van der Waals surface area contributed by atoms with Crippen molar-refractivity contribution in [1.82, 2.24) is 5.32 Å². The maximum absolute atomic E-state index is 12.6. The third-order valence-corrected chi connectivity index (χ3v) is 1.94. The summed E-state index contributed by atoms with van der Waals surface area (Å²) in [4.78, 5) is 11.3. The first-order chi connectivity index (χ1) is 8.37. The minimum atomic E-state index is -0.495. The first-order valence-corrected chi connectivity index (χ1v) is 5.76. The van der Waals surface area contributed by atoms with Gasteiger partial charge in [0.2, 0.25) is 0 Å². The standard InChI is InChI=1S/C14H18FNO2/c1-14(2,3)18-13(17)16-10-4-5-11-6-8-12(15)9-7-11/h4-9H,10H2,1-3H3,(H,16,17). The van der Waals surface area contributed by atoms with Gasteiger partial charge in [-0.05, 0) is 38.5 Å². The van der Waals surface area contributed by atoms with Gasteiger partial charge in [0.05, 0.1) is 0 Å². The van der Waals surface area contributed by atoms with E-state index >= 15 is 0 Å². The Balaban J connectivity index is 2.33. The maximum Gasteiger partial charge on any atom is 0.407 e. The molecular formula is C14H18FNO2. The highest BCUT2D eigenvalue weighted by molar-refractivity contribution is 5.68. The summed E-state index contributed by atoms with van der Waals surface area (Å²) in [5.74, 6) is -0.265. The molecule has 98 valence electrons. The molecule has 0 aliphatic carbocycles. The van der Waals surface area contributed by atoms with Crippen LogP contribution in [0.3, 0.4) is 0 Å². The van der Waals surface area contributed by atoms with E-state index in [9.17, 15) is 9.18 Å². The molecule has 0 aromatic heterocycles. The molecule has 0 aliphatic rings. The van der Waals surface area contributed by atoms with Crippen molar-refractivity contribution < 1.29 is 13.9 Å². The van der Waals surface area contributed by atoms with Crippen LogP contribution in [0.2, 0.25) is 0 Å². The summed E-state index contributed by atoms with van der Waals surface area (Å²) in [6, 6.07) is 6.11. The molecule has 0 aliphatic heterocycles. The molecule has 0 unspecified atom stereocenters. The Hall–Kier alpha value is -1.84.